The lowest BCUT2D eigenvalue weighted by Gasteiger charge is -2.33. The van der Waals surface area contributed by atoms with Gasteiger partial charge >= 0.3 is 6.09 Å². The first-order valence-electron chi connectivity index (χ1n) is 21.4. The van der Waals surface area contributed by atoms with Crippen LogP contribution in [0.15, 0.2) is 15.3 Å². The Labute approximate surface area is 441 Å². The fourth-order valence-electron chi connectivity index (χ4n) is 5.60. The minimum atomic E-state index is -6.01. The molecule has 10 unspecified atom stereocenters. The van der Waals surface area contributed by atoms with Crippen LogP contribution in [0, 0.1) is 11.8 Å². The summed E-state index contributed by atoms with van der Waals surface area (Å²) in [6, 6.07) is -1.16. The number of azide groups is 3. The van der Waals surface area contributed by atoms with E-state index in [2.05, 4.69) is 84.2 Å². The molecule has 446 valence electrons. The van der Waals surface area contributed by atoms with E-state index in [4.69, 9.17) is 50.1 Å². The first-order valence-corrected chi connectivity index (χ1v) is 30.3. The monoisotopic (exact) mass is 1240 g/mol. The topological polar surface area (TPSA) is 633 Å². The van der Waals surface area contributed by atoms with Crippen molar-refractivity contribution in [3.63, 3.8) is 0 Å². The fraction of sp³-hybridized carbons (Fsp3) is 0.806. The molecular weight excluding hydrogens is 1190 g/mol. The van der Waals surface area contributed by atoms with Crippen molar-refractivity contribution in [2.24, 2.45) is 15.3 Å². The van der Waals surface area contributed by atoms with Gasteiger partial charge in [-0.3, -0.25) is 37.0 Å². The van der Waals surface area contributed by atoms with Gasteiger partial charge in [-0.2, -0.15) is 0 Å². The van der Waals surface area contributed by atoms with Gasteiger partial charge in [-0.1, -0.05) is 21.3 Å². The van der Waals surface area contributed by atoms with Crippen LogP contribution in [0.25, 0.3) is 31.3 Å². The molecule has 0 aromatic rings. The predicted octanol–water partition coefficient (Wildman–Crippen LogP) is -0.677. The molecule has 2 saturated heterocycles. The zero-order chi connectivity index (χ0) is 60.0. The van der Waals surface area contributed by atoms with E-state index in [1.165, 1.54) is 13.8 Å². The minimum absolute atomic E-state index is 0.0241. The summed E-state index contributed by atoms with van der Waals surface area (Å²) in [6.45, 7) is 5.88. The van der Waals surface area contributed by atoms with E-state index in [1.807, 2.05) is 0 Å². The maximum absolute atomic E-state index is 11.8. The van der Waals surface area contributed by atoms with E-state index in [0.29, 0.717) is 19.3 Å². The molecule has 0 bridgehead atoms. The normalized spacial score (nSPS) is 23.8. The lowest BCUT2D eigenvalue weighted by Crippen LogP contribution is -2.38. The highest BCUT2D eigenvalue weighted by Gasteiger charge is 2.38. The quantitative estimate of drug-likeness (QED) is 0.0139. The van der Waals surface area contributed by atoms with E-state index < -0.39 is 115 Å². The van der Waals surface area contributed by atoms with Crippen molar-refractivity contribution in [1.29, 1.82) is 0 Å². The van der Waals surface area contributed by atoms with Gasteiger partial charge in [0.15, 0.2) is 6.04 Å². The van der Waals surface area contributed by atoms with Gasteiger partial charge in [-0.25, -0.2) is 22.0 Å². The number of carbonyl (C=O) groups excluding carboxylic acids is 4. The Hall–Kier alpha value is -3.97. The standard InChI is InChI=1S/C13H19N5O4.C11H23N4O13P3.C7H16N3O12P3/c1-3-4-7-16-13(21)22-9-11(17-18-14)12(20)15-8-5-6-10(2)19;1-7-5-9(26-11(14-15-12)3-4-13-8(2)16)10(25-7)6-24-30(20,21)28-31(22,23)27-29(17,18)19;1-5-2-6(18-4-9-10-8)7(20-5)3-19-24(14,15)22-25(16,17)21-23(11,12)13/h11H,5-9H2,1-2H3,(H,15,20)(H,16,21);7,9-11H,3-6H2,1-2H3,(H,13,16)(H,20,21)(H,22,23)(H2,17,18,19);5-7H,2-4H2,1H3,(H,14,15)(H,16,17)(H2,11,12,13)/p-6/t;7-,9?,10+,11?;5-,6?,7+/m.00/s1. The van der Waals surface area contributed by atoms with Crippen LogP contribution in [0.3, 0.4) is 0 Å². The van der Waals surface area contributed by atoms with Crippen molar-refractivity contribution >= 4 is 70.6 Å². The SMILES string of the molecule is CC#CCNC(=O)OCC(N=[N+]=[N-])C(=O)NCCCC(C)=O.CC(=O)NCCC(N=[N+]=[N-])OC1C[C@H](C)O[C@@H]1COP(=O)([O-])OP(=O)([O-])OP(=O)([O-])O.C[C@H]1CC(OCN=[N+]=[N-])[C@@H](COP(=O)([O-])OP(=O)([O-])OP(=O)([O-])O)O1. The van der Waals surface area contributed by atoms with Gasteiger partial charge in [-0.15, -0.1) is 5.92 Å². The Morgan fingerprint density at radius 1 is 0.731 bits per heavy atom. The third kappa shape index (κ3) is 37.8. The molecule has 5 N–H and O–H groups in total. The molecular formula is C31H52N12O29P6-6. The molecule has 2 aliphatic rings. The second-order valence-electron chi connectivity index (χ2n) is 15.0. The maximum Gasteiger partial charge on any atom is 0.407 e. The number of ether oxygens (including phenoxy) is 5. The second-order valence-corrected chi connectivity index (χ2v) is 23.5. The molecule has 41 nitrogen and oxygen atoms in total. The summed E-state index contributed by atoms with van der Waals surface area (Å²) in [5, 5.41) is 17.2. The molecule has 0 saturated carbocycles. The molecule has 0 aromatic heterocycles. The number of nitrogens with zero attached hydrogens (tertiary/aromatic N) is 9. The maximum atomic E-state index is 11.8. The molecule has 2 aliphatic heterocycles. The van der Waals surface area contributed by atoms with Crippen LogP contribution in [0.5, 0.6) is 0 Å². The van der Waals surface area contributed by atoms with Gasteiger partial charge in [0.2, 0.25) is 11.8 Å². The molecule has 0 radical (unpaired) electrons. The first-order chi connectivity index (χ1) is 36.0. The van der Waals surface area contributed by atoms with Crippen molar-refractivity contribution < 1.29 is 136 Å². The number of hydrogen-bond donors (Lipinski definition) is 5. The zero-order valence-corrected chi connectivity index (χ0v) is 46.6. The largest absolute Gasteiger partial charge is 0.756 e. The molecule has 2 fully saturated rings. The van der Waals surface area contributed by atoms with E-state index in [0.717, 1.165) is 0 Å². The number of alkyl carbamates (subject to hydrolysis) is 1. The van der Waals surface area contributed by atoms with Gasteiger partial charge in [0, 0.05) is 54.0 Å². The van der Waals surface area contributed by atoms with Crippen molar-refractivity contribution in [1.82, 2.24) is 16.0 Å². The number of Topliss-reactive ketones (excluding diaryl/α,β-unsaturated/α-hetero) is 1. The van der Waals surface area contributed by atoms with E-state index in [-0.39, 0.29) is 63.6 Å². The summed E-state index contributed by atoms with van der Waals surface area (Å²) in [5.74, 6) is 4.34. The number of ketones is 1. The molecule has 3 amide bonds. The molecule has 47 heteroatoms. The van der Waals surface area contributed by atoms with Crippen LogP contribution in [0.1, 0.15) is 66.7 Å². The number of nitrogens with one attached hydrogen (secondary N) is 3. The third-order valence-electron chi connectivity index (χ3n) is 8.43. The third-order valence-corrected chi connectivity index (χ3v) is 15.8. The summed E-state index contributed by atoms with van der Waals surface area (Å²) >= 11 is 0. The van der Waals surface area contributed by atoms with Gasteiger partial charge in [0.25, 0.3) is 46.9 Å². The Bertz CT molecular complexity index is 2500. The molecule has 0 spiro atoms. The minimum Gasteiger partial charge on any atom is -0.756 e. The van der Waals surface area contributed by atoms with Gasteiger partial charge < -0.3 is 92.6 Å². The average Bonchev–Trinajstić information content (AvgIpc) is 3.82. The Morgan fingerprint density at radius 3 is 1.71 bits per heavy atom. The lowest BCUT2D eigenvalue weighted by atomic mass is 10.1. The number of phosphoric ester groups is 2. The highest BCUT2D eigenvalue weighted by Crippen LogP contribution is 2.62. The van der Waals surface area contributed by atoms with Gasteiger partial charge in [-0.05, 0) is 57.1 Å². The average molecular weight is 1240 g/mol. The molecule has 2 rings (SSSR count). The van der Waals surface area contributed by atoms with Crippen LogP contribution in [-0.4, -0.2) is 129 Å². The Morgan fingerprint density at radius 2 is 1.24 bits per heavy atom. The number of rotatable bonds is 32. The number of hydrogen-bond acceptors (Lipinski definition) is 30. The number of carbonyl (C=O) groups is 4. The lowest BCUT2D eigenvalue weighted by molar-refractivity contribution is -0.254. The van der Waals surface area contributed by atoms with E-state index >= 15 is 0 Å². The Balaban J connectivity index is 0.00000116. The summed E-state index contributed by atoms with van der Waals surface area (Å²) < 4.78 is 114. The molecule has 2 heterocycles. The Kier molecular flexibility index (Phi) is 34.5. The smallest absolute Gasteiger partial charge is 0.407 e. The number of phosphoric acid groups is 6. The van der Waals surface area contributed by atoms with Crippen LogP contribution < -0.4 is 45.3 Å². The van der Waals surface area contributed by atoms with Crippen molar-refractivity contribution in [3.05, 3.63) is 31.3 Å². The van der Waals surface area contributed by atoms with Crippen LogP contribution in [0.2, 0.25) is 0 Å². The molecule has 14 atom stereocenters. The highest BCUT2D eigenvalue weighted by molar-refractivity contribution is 7.65. The first kappa shape index (κ1) is 74.0. The van der Waals surface area contributed by atoms with Gasteiger partial charge in [0.1, 0.15) is 37.6 Å². The predicted molar refractivity (Wildman–Crippen MR) is 243 cm³/mol. The van der Waals surface area contributed by atoms with Crippen molar-refractivity contribution in [2.75, 3.05) is 46.2 Å². The summed E-state index contributed by atoms with van der Waals surface area (Å²) in [5.41, 5.74) is 25.2. The zero-order valence-electron chi connectivity index (χ0n) is 41.2. The van der Waals surface area contributed by atoms with E-state index in [9.17, 15) is 75.9 Å². The molecule has 0 aromatic carbocycles. The van der Waals surface area contributed by atoms with Crippen molar-refractivity contribution in [2.45, 2.75) is 116 Å². The van der Waals surface area contributed by atoms with Crippen LogP contribution in [0.4, 0.5) is 4.79 Å². The second kappa shape index (κ2) is 36.4. The summed E-state index contributed by atoms with van der Waals surface area (Å²) in [6.07, 6.45) is -4.73. The van der Waals surface area contributed by atoms with Crippen LogP contribution >= 0.6 is 46.9 Å². The number of amides is 3. The van der Waals surface area contributed by atoms with Crippen LogP contribution in [-0.2, 0) is 91.7 Å². The van der Waals surface area contributed by atoms with Crippen molar-refractivity contribution in [3.8, 4) is 11.8 Å². The van der Waals surface area contributed by atoms with Gasteiger partial charge in [0.05, 0.1) is 44.2 Å². The molecule has 78 heavy (non-hydrogen) atoms. The fourth-order valence-corrected chi connectivity index (χ4v) is 11.4. The highest BCUT2D eigenvalue weighted by atomic mass is 31.3. The summed E-state index contributed by atoms with van der Waals surface area (Å²) in [7, 11) is -34.8. The molecule has 0 aliphatic carbocycles. The van der Waals surface area contributed by atoms with E-state index in [1.54, 1.807) is 20.8 Å². The summed E-state index contributed by atoms with van der Waals surface area (Å²) in [4.78, 5) is 135.